The summed E-state index contributed by atoms with van der Waals surface area (Å²) in [5.74, 6) is -1.73. The van der Waals surface area contributed by atoms with Gasteiger partial charge in [-0.05, 0) is 25.7 Å². The number of hydrogen-bond acceptors (Lipinski definition) is 3. The number of carboxylic acids is 1. The number of esters is 1. The van der Waals surface area contributed by atoms with E-state index in [1.807, 2.05) is 0 Å². The summed E-state index contributed by atoms with van der Waals surface area (Å²) in [5, 5.41) is 8.52. The Bertz CT molecular complexity index is 228. The number of unbranched alkanes of at least 4 members (excludes halogenated alkanes) is 4. The molecule has 0 unspecified atom stereocenters. The van der Waals surface area contributed by atoms with Crippen molar-refractivity contribution in [2.24, 2.45) is 0 Å². The zero-order valence-corrected chi connectivity index (χ0v) is 11.6. The third-order valence-corrected chi connectivity index (χ3v) is 2.85. The molecule has 18 heavy (non-hydrogen) atoms. The van der Waals surface area contributed by atoms with Crippen LogP contribution < -0.4 is 0 Å². The van der Waals surface area contributed by atoms with E-state index in [2.05, 4.69) is 13.8 Å². The number of ether oxygens (including phenoxy) is 1. The first-order valence-electron chi connectivity index (χ1n) is 7.01. The maximum Gasteiger partial charge on any atom is 0.317 e. The van der Waals surface area contributed by atoms with Crippen LogP contribution in [0.15, 0.2) is 0 Å². The van der Waals surface area contributed by atoms with E-state index >= 15 is 0 Å². The van der Waals surface area contributed by atoms with Gasteiger partial charge in [-0.2, -0.15) is 0 Å². The highest BCUT2D eigenvalue weighted by Gasteiger charge is 2.16. The summed E-state index contributed by atoms with van der Waals surface area (Å²) in [6.45, 7) is 4.26. The van der Waals surface area contributed by atoms with Crippen molar-refractivity contribution in [2.75, 3.05) is 0 Å². The number of aliphatic carboxylic acids is 1. The van der Waals surface area contributed by atoms with Crippen LogP contribution in [0.4, 0.5) is 0 Å². The quantitative estimate of drug-likeness (QED) is 0.350. The van der Waals surface area contributed by atoms with E-state index in [-0.39, 0.29) is 6.10 Å². The molecule has 0 atom stereocenters. The lowest BCUT2D eigenvalue weighted by Gasteiger charge is -2.17. The Morgan fingerprint density at radius 2 is 1.50 bits per heavy atom. The molecule has 0 aliphatic rings. The third-order valence-electron chi connectivity index (χ3n) is 2.85. The second kappa shape index (κ2) is 11.1. The highest BCUT2D eigenvalue weighted by Crippen LogP contribution is 2.15. The monoisotopic (exact) mass is 258 g/mol. The first kappa shape index (κ1) is 16.9. The van der Waals surface area contributed by atoms with Gasteiger partial charge in [0.2, 0.25) is 0 Å². The molecule has 0 heterocycles. The third kappa shape index (κ3) is 10.1. The molecule has 0 aliphatic heterocycles. The lowest BCUT2D eigenvalue weighted by molar-refractivity contribution is -0.155. The van der Waals surface area contributed by atoms with Gasteiger partial charge in [-0.1, -0.05) is 39.5 Å². The van der Waals surface area contributed by atoms with Crippen molar-refractivity contribution in [1.82, 2.24) is 0 Å². The van der Waals surface area contributed by atoms with Gasteiger partial charge >= 0.3 is 11.9 Å². The lowest BCUT2D eigenvalue weighted by atomic mass is 10.0. The van der Waals surface area contributed by atoms with Gasteiger partial charge < -0.3 is 9.84 Å². The van der Waals surface area contributed by atoms with Gasteiger partial charge in [0.25, 0.3) is 0 Å². The highest BCUT2D eigenvalue weighted by molar-refractivity contribution is 5.90. The molecule has 0 rings (SSSR count). The van der Waals surface area contributed by atoms with E-state index in [1.54, 1.807) is 0 Å². The van der Waals surface area contributed by atoms with Crippen molar-refractivity contribution >= 4 is 11.9 Å². The van der Waals surface area contributed by atoms with Crippen molar-refractivity contribution in [3.8, 4) is 0 Å². The van der Waals surface area contributed by atoms with Crippen molar-refractivity contribution in [2.45, 2.75) is 77.7 Å². The summed E-state index contributed by atoms with van der Waals surface area (Å²) in [7, 11) is 0. The van der Waals surface area contributed by atoms with E-state index in [9.17, 15) is 9.59 Å². The molecule has 4 heteroatoms. The van der Waals surface area contributed by atoms with Crippen molar-refractivity contribution in [1.29, 1.82) is 0 Å². The maximum absolute atomic E-state index is 11.3. The summed E-state index contributed by atoms with van der Waals surface area (Å²) >= 11 is 0. The fourth-order valence-corrected chi connectivity index (χ4v) is 1.86. The number of hydrogen-bond donors (Lipinski definition) is 1. The van der Waals surface area contributed by atoms with Crippen LogP contribution in [0.1, 0.15) is 71.6 Å². The zero-order valence-electron chi connectivity index (χ0n) is 11.6. The van der Waals surface area contributed by atoms with Crippen LogP contribution in [0.3, 0.4) is 0 Å². The van der Waals surface area contributed by atoms with Gasteiger partial charge in [0, 0.05) is 0 Å². The predicted molar refractivity (Wildman–Crippen MR) is 70.4 cm³/mol. The minimum atomic E-state index is -1.12. The number of rotatable bonds is 11. The van der Waals surface area contributed by atoms with E-state index in [1.165, 1.54) is 0 Å². The van der Waals surface area contributed by atoms with Crippen molar-refractivity contribution < 1.29 is 19.4 Å². The van der Waals surface area contributed by atoms with E-state index in [0.29, 0.717) is 0 Å². The minimum absolute atomic E-state index is 0.102. The average molecular weight is 258 g/mol. The topological polar surface area (TPSA) is 63.6 Å². The van der Waals surface area contributed by atoms with Gasteiger partial charge in [0.1, 0.15) is 12.5 Å². The van der Waals surface area contributed by atoms with E-state index in [4.69, 9.17) is 9.84 Å². The SMILES string of the molecule is CCCCCC(CCCCC)OC(=O)CC(=O)O. The lowest BCUT2D eigenvalue weighted by Crippen LogP contribution is -2.20. The normalized spacial score (nSPS) is 10.6. The Hall–Kier alpha value is -1.06. The molecular weight excluding hydrogens is 232 g/mol. The summed E-state index contributed by atoms with van der Waals surface area (Å²) < 4.78 is 5.23. The second-order valence-corrected chi connectivity index (χ2v) is 4.67. The van der Waals surface area contributed by atoms with Gasteiger partial charge in [-0.25, -0.2) is 0 Å². The van der Waals surface area contributed by atoms with Gasteiger partial charge in [0.05, 0.1) is 0 Å². The predicted octanol–water partition coefficient (Wildman–Crippen LogP) is 3.53. The molecule has 0 spiro atoms. The molecular formula is C14H26O4. The van der Waals surface area contributed by atoms with Crippen LogP contribution >= 0.6 is 0 Å². The fraction of sp³-hybridized carbons (Fsp3) is 0.857. The van der Waals surface area contributed by atoms with Crippen molar-refractivity contribution in [3.05, 3.63) is 0 Å². The van der Waals surface area contributed by atoms with Gasteiger partial charge in [-0.3, -0.25) is 9.59 Å². The second-order valence-electron chi connectivity index (χ2n) is 4.67. The standard InChI is InChI=1S/C14H26O4/c1-3-5-7-9-12(10-8-6-4-2)18-14(17)11-13(15)16/h12H,3-11H2,1-2H3,(H,15,16). The summed E-state index contributed by atoms with van der Waals surface area (Å²) in [5.41, 5.74) is 0. The van der Waals surface area contributed by atoms with E-state index in [0.717, 1.165) is 51.4 Å². The first-order valence-corrected chi connectivity index (χ1v) is 7.01. The molecule has 0 saturated heterocycles. The summed E-state index contributed by atoms with van der Waals surface area (Å²) in [4.78, 5) is 21.7. The van der Waals surface area contributed by atoms with Crippen LogP contribution in [0.2, 0.25) is 0 Å². The molecule has 106 valence electrons. The number of carbonyl (C=O) groups excluding carboxylic acids is 1. The molecule has 0 aromatic rings. The van der Waals surface area contributed by atoms with Crippen molar-refractivity contribution in [3.63, 3.8) is 0 Å². The molecule has 4 nitrogen and oxygen atoms in total. The average Bonchev–Trinajstić information content (AvgIpc) is 2.28. The molecule has 0 aromatic carbocycles. The molecule has 0 amide bonds. The first-order chi connectivity index (χ1) is 8.60. The molecule has 0 aromatic heterocycles. The van der Waals surface area contributed by atoms with Crippen LogP contribution in [0.5, 0.6) is 0 Å². The van der Waals surface area contributed by atoms with Crippen LogP contribution in [-0.4, -0.2) is 23.1 Å². The Balaban J connectivity index is 4.01. The molecule has 1 N–H and O–H groups in total. The molecule has 0 fully saturated rings. The zero-order chi connectivity index (χ0) is 13.8. The number of carboxylic acid groups (broad SMARTS) is 1. The summed E-state index contributed by atoms with van der Waals surface area (Å²) in [6, 6.07) is 0. The smallest absolute Gasteiger partial charge is 0.317 e. The Kier molecular flexibility index (Phi) is 10.4. The maximum atomic E-state index is 11.3. The van der Waals surface area contributed by atoms with Gasteiger partial charge in [0.15, 0.2) is 0 Å². The minimum Gasteiger partial charge on any atom is -0.481 e. The Morgan fingerprint density at radius 1 is 1.00 bits per heavy atom. The molecule has 0 radical (unpaired) electrons. The Labute approximate surface area is 110 Å². The largest absolute Gasteiger partial charge is 0.481 e. The van der Waals surface area contributed by atoms with Crippen LogP contribution in [0.25, 0.3) is 0 Å². The van der Waals surface area contributed by atoms with Crippen LogP contribution in [0, 0.1) is 0 Å². The Morgan fingerprint density at radius 3 is 1.89 bits per heavy atom. The summed E-state index contributed by atoms with van der Waals surface area (Å²) in [6.07, 6.45) is 7.65. The molecule has 0 bridgehead atoms. The fourth-order valence-electron chi connectivity index (χ4n) is 1.86. The van der Waals surface area contributed by atoms with Crippen LogP contribution in [-0.2, 0) is 14.3 Å². The highest BCUT2D eigenvalue weighted by atomic mass is 16.5. The number of carbonyl (C=O) groups is 2. The molecule has 0 aliphatic carbocycles. The molecule has 0 saturated carbocycles. The van der Waals surface area contributed by atoms with E-state index < -0.39 is 18.4 Å². The van der Waals surface area contributed by atoms with Gasteiger partial charge in [-0.15, -0.1) is 0 Å².